The summed E-state index contributed by atoms with van der Waals surface area (Å²) in [6.45, 7) is 0.715. The largest absolute Gasteiger partial charge is 0.485 e. The minimum atomic E-state index is -1.39. The SMILES string of the molecule is O=C(O)N1C(=O)C(=Cc2ccc(OCc3ccccc3)c(OCc3ccccc3)c2)SC1=S. The van der Waals surface area contributed by atoms with Crippen LogP contribution in [0, 0.1) is 0 Å². The van der Waals surface area contributed by atoms with Crippen LogP contribution in [0.3, 0.4) is 0 Å². The van der Waals surface area contributed by atoms with E-state index in [1.165, 1.54) is 0 Å². The van der Waals surface area contributed by atoms with Crippen molar-refractivity contribution in [3.8, 4) is 11.5 Å². The van der Waals surface area contributed by atoms with Crippen LogP contribution in [0.15, 0.2) is 83.8 Å². The molecule has 2 amide bonds. The predicted molar refractivity (Wildman–Crippen MR) is 131 cm³/mol. The van der Waals surface area contributed by atoms with Gasteiger partial charge in [-0.3, -0.25) is 4.79 Å². The van der Waals surface area contributed by atoms with Crippen LogP contribution in [0.1, 0.15) is 16.7 Å². The molecule has 1 N–H and O–H groups in total. The monoisotopic (exact) mass is 477 g/mol. The molecule has 0 atom stereocenters. The number of ether oxygens (including phenoxy) is 2. The second-order valence-electron chi connectivity index (χ2n) is 7.05. The lowest BCUT2D eigenvalue weighted by atomic mass is 10.1. The normalized spacial score (nSPS) is 14.5. The van der Waals surface area contributed by atoms with E-state index in [1.54, 1.807) is 24.3 Å². The van der Waals surface area contributed by atoms with Gasteiger partial charge in [-0.25, -0.2) is 4.79 Å². The molecule has 3 aromatic rings. The van der Waals surface area contributed by atoms with Gasteiger partial charge in [0.25, 0.3) is 5.91 Å². The summed E-state index contributed by atoms with van der Waals surface area (Å²) >= 11 is 5.96. The Morgan fingerprint density at radius 3 is 2.03 bits per heavy atom. The summed E-state index contributed by atoms with van der Waals surface area (Å²) in [7, 11) is 0. The van der Waals surface area contributed by atoms with Crippen molar-refractivity contribution in [2.24, 2.45) is 0 Å². The smallest absolute Gasteiger partial charge is 0.420 e. The minimum absolute atomic E-state index is 0.0119. The Morgan fingerprint density at radius 1 is 0.909 bits per heavy atom. The minimum Gasteiger partial charge on any atom is -0.485 e. The number of nitrogens with zero attached hydrogens (tertiary/aromatic N) is 1. The molecule has 0 radical (unpaired) electrons. The van der Waals surface area contributed by atoms with Gasteiger partial charge in [-0.1, -0.05) is 90.7 Å². The number of carboxylic acid groups (broad SMARTS) is 1. The molecule has 0 bridgehead atoms. The molecule has 3 aromatic carbocycles. The van der Waals surface area contributed by atoms with E-state index < -0.39 is 12.0 Å². The quantitative estimate of drug-likeness (QED) is 0.344. The maximum atomic E-state index is 12.4. The van der Waals surface area contributed by atoms with E-state index in [1.807, 2.05) is 60.7 Å². The fourth-order valence-electron chi connectivity index (χ4n) is 3.10. The number of rotatable bonds is 7. The molecule has 1 heterocycles. The molecule has 1 saturated heterocycles. The van der Waals surface area contributed by atoms with E-state index >= 15 is 0 Å². The molecular formula is C25H19NO5S2. The number of benzene rings is 3. The Labute approximate surface area is 200 Å². The predicted octanol–water partition coefficient (Wildman–Crippen LogP) is 5.72. The highest BCUT2D eigenvalue weighted by atomic mass is 32.2. The number of thioether (sulfide) groups is 1. The summed E-state index contributed by atoms with van der Waals surface area (Å²) in [4.78, 5) is 24.5. The zero-order valence-corrected chi connectivity index (χ0v) is 19.0. The van der Waals surface area contributed by atoms with Gasteiger partial charge in [0.2, 0.25) is 0 Å². The lowest BCUT2D eigenvalue weighted by Gasteiger charge is -2.14. The molecule has 0 unspecified atom stereocenters. The summed E-state index contributed by atoms with van der Waals surface area (Å²) < 4.78 is 12.0. The highest BCUT2D eigenvalue weighted by Crippen LogP contribution is 2.35. The Bertz CT molecular complexity index is 1210. The molecular weight excluding hydrogens is 458 g/mol. The van der Waals surface area contributed by atoms with Crippen LogP contribution in [-0.2, 0) is 18.0 Å². The molecule has 33 heavy (non-hydrogen) atoms. The van der Waals surface area contributed by atoms with E-state index in [-0.39, 0.29) is 9.23 Å². The van der Waals surface area contributed by atoms with Gasteiger partial charge in [-0.15, -0.1) is 0 Å². The standard InChI is InChI=1S/C25H19NO5S2/c27-23-22(33-25(32)26(23)24(28)29)14-19-11-12-20(30-15-17-7-3-1-4-8-17)21(13-19)31-16-18-9-5-2-6-10-18/h1-14H,15-16H2,(H,28,29). The third-order valence-electron chi connectivity index (χ3n) is 4.72. The molecule has 1 aliphatic heterocycles. The van der Waals surface area contributed by atoms with Gasteiger partial charge in [0.15, 0.2) is 15.8 Å². The van der Waals surface area contributed by atoms with Crippen LogP contribution in [0.4, 0.5) is 4.79 Å². The third kappa shape index (κ3) is 5.60. The molecule has 1 fully saturated rings. The second kappa shape index (κ2) is 10.3. The van der Waals surface area contributed by atoms with Crippen molar-refractivity contribution in [3.05, 3.63) is 100 Å². The summed E-state index contributed by atoms with van der Waals surface area (Å²) in [5, 5.41) is 9.19. The molecule has 1 aliphatic rings. The van der Waals surface area contributed by atoms with Gasteiger partial charge in [-0.05, 0) is 34.9 Å². The fraction of sp³-hybridized carbons (Fsp3) is 0.0800. The average Bonchev–Trinajstić information content (AvgIpc) is 3.11. The molecule has 0 spiro atoms. The first-order chi connectivity index (χ1) is 16.0. The van der Waals surface area contributed by atoms with Gasteiger partial charge < -0.3 is 14.6 Å². The maximum Gasteiger partial charge on any atom is 0.420 e. The Morgan fingerprint density at radius 2 is 1.48 bits per heavy atom. The van der Waals surface area contributed by atoms with E-state index in [2.05, 4.69) is 0 Å². The van der Waals surface area contributed by atoms with Crippen LogP contribution in [0.25, 0.3) is 6.08 Å². The van der Waals surface area contributed by atoms with Crippen LogP contribution in [-0.4, -0.2) is 26.3 Å². The van der Waals surface area contributed by atoms with Gasteiger partial charge in [0.05, 0.1) is 4.91 Å². The first-order valence-electron chi connectivity index (χ1n) is 9.99. The van der Waals surface area contributed by atoms with Gasteiger partial charge in [0.1, 0.15) is 13.2 Å². The van der Waals surface area contributed by atoms with Gasteiger partial charge in [-0.2, -0.15) is 4.90 Å². The summed E-state index contributed by atoms with van der Waals surface area (Å²) in [5.41, 5.74) is 2.68. The number of hydrogen-bond acceptors (Lipinski definition) is 6. The lowest BCUT2D eigenvalue weighted by molar-refractivity contribution is -0.120. The van der Waals surface area contributed by atoms with Crippen molar-refractivity contribution in [2.45, 2.75) is 13.2 Å². The second-order valence-corrected chi connectivity index (χ2v) is 8.73. The molecule has 0 aromatic heterocycles. The topological polar surface area (TPSA) is 76.1 Å². The molecule has 166 valence electrons. The Kier molecular flexibility index (Phi) is 7.07. The summed E-state index contributed by atoms with van der Waals surface area (Å²) in [6.07, 6.45) is 0.205. The number of amides is 2. The molecule has 0 aliphatic carbocycles. The number of carbonyl (C=O) groups excluding carboxylic acids is 1. The number of hydrogen-bond donors (Lipinski definition) is 1. The van der Waals surface area contributed by atoms with E-state index in [0.29, 0.717) is 35.2 Å². The van der Waals surface area contributed by atoms with Crippen molar-refractivity contribution >= 4 is 46.4 Å². The zero-order chi connectivity index (χ0) is 23.2. The zero-order valence-electron chi connectivity index (χ0n) is 17.3. The van der Waals surface area contributed by atoms with Crippen LogP contribution in [0.5, 0.6) is 11.5 Å². The van der Waals surface area contributed by atoms with Crippen molar-refractivity contribution in [1.29, 1.82) is 0 Å². The first-order valence-corrected chi connectivity index (χ1v) is 11.2. The van der Waals surface area contributed by atoms with E-state index in [9.17, 15) is 14.7 Å². The van der Waals surface area contributed by atoms with Crippen molar-refractivity contribution in [3.63, 3.8) is 0 Å². The van der Waals surface area contributed by atoms with Crippen molar-refractivity contribution in [2.75, 3.05) is 0 Å². The van der Waals surface area contributed by atoms with Gasteiger partial charge in [0, 0.05) is 0 Å². The summed E-state index contributed by atoms with van der Waals surface area (Å²) in [6, 6.07) is 24.8. The van der Waals surface area contributed by atoms with Crippen LogP contribution >= 0.6 is 24.0 Å². The number of thiocarbonyl (C=S) groups is 1. The van der Waals surface area contributed by atoms with Gasteiger partial charge >= 0.3 is 6.09 Å². The first kappa shape index (κ1) is 22.6. The van der Waals surface area contributed by atoms with Crippen LogP contribution < -0.4 is 9.47 Å². The number of imide groups is 1. The van der Waals surface area contributed by atoms with Crippen molar-refractivity contribution < 1.29 is 24.2 Å². The van der Waals surface area contributed by atoms with E-state index in [4.69, 9.17) is 21.7 Å². The molecule has 6 nitrogen and oxygen atoms in total. The fourth-order valence-corrected chi connectivity index (χ4v) is 4.35. The highest BCUT2D eigenvalue weighted by Gasteiger charge is 2.36. The van der Waals surface area contributed by atoms with Crippen molar-refractivity contribution in [1.82, 2.24) is 4.90 Å². The Balaban J connectivity index is 1.59. The summed E-state index contributed by atoms with van der Waals surface area (Å²) in [5.74, 6) is 0.413. The molecule has 0 saturated carbocycles. The average molecular weight is 478 g/mol. The molecule has 4 rings (SSSR count). The maximum absolute atomic E-state index is 12.4. The third-order valence-corrected chi connectivity index (χ3v) is 6.03. The van der Waals surface area contributed by atoms with E-state index in [0.717, 1.165) is 22.9 Å². The Hall–Kier alpha value is -3.62. The number of carbonyl (C=O) groups is 2. The highest BCUT2D eigenvalue weighted by molar-refractivity contribution is 8.26. The molecule has 8 heteroatoms. The lowest BCUT2D eigenvalue weighted by Crippen LogP contribution is -2.33. The van der Waals surface area contributed by atoms with Crippen LogP contribution in [0.2, 0.25) is 0 Å².